The minimum atomic E-state index is -0.525. The fourth-order valence-electron chi connectivity index (χ4n) is 3.04. The van der Waals surface area contributed by atoms with Crippen LogP contribution in [0.5, 0.6) is 0 Å². The van der Waals surface area contributed by atoms with Crippen LogP contribution in [0, 0.1) is 5.92 Å². The normalized spacial score (nSPS) is 20.9. The number of methoxy groups -OCH3 is 1. The van der Waals surface area contributed by atoms with Crippen LogP contribution in [-0.2, 0) is 20.7 Å². The molecule has 0 saturated heterocycles. The Hall–Kier alpha value is -1.24. The van der Waals surface area contributed by atoms with Gasteiger partial charge in [0.05, 0.1) is 24.2 Å². The van der Waals surface area contributed by atoms with Gasteiger partial charge in [-0.25, -0.2) is 0 Å². The molecule has 0 aromatic heterocycles. The molecule has 3 atom stereocenters. The van der Waals surface area contributed by atoms with E-state index in [0.29, 0.717) is 24.4 Å². The number of carbonyl (C=O) groups excluding carboxylic acids is 2. The van der Waals surface area contributed by atoms with E-state index in [-0.39, 0.29) is 17.1 Å². The number of benzene rings is 1. The van der Waals surface area contributed by atoms with Gasteiger partial charge in [-0.2, -0.15) is 11.8 Å². The largest absolute Gasteiger partial charge is 0.468 e. The van der Waals surface area contributed by atoms with Gasteiger partial charge in [-0.1, -0.05) is 42.5 Å². The molecule has 0 amide bonds. The maximum Gasteiger partial charge on any atom is 0.315 e. The molecule has 1 aliphatic carbocycles. The molecule has 2 rings (SSSR count). The third-order valence-electron chi connectivity index (χ3n) is 4.48. The van der Waals surface area contributed by atoms with E-state index in [1.807, 2.05) is 42.5 Å². The van der Waals surface area contributed by atoms with Crippen molar-refractivity contribution in [1.29, 1.82) is 0 Å². The number of rotatable bonds is 11. The number of allylic oxidation sites excluding steroid dienone is 1. The van der Waals surface area contributed by atoms with Crippen LogP contribution in [0.2, 0.25) is 0 Å². The molecule has 0 aliphatic heterocycles. The number of carbonyl (C=O) groups is 2. The molecule has 1 saturated carbocycles. The highest BCUT2D eigenvalue weighted by Gasteiger charge is 2.33. The number of ketones is 1. The smallest absolute Gasteiger partial charge is 0.315 e. The maximum atomic E-state index is 12.2. The molecule has 1 aromatic rings. The predicted octanol–water partition coefficient (Wildman–Crippen LogP) is 3.52. The predicted molar refractivity (Wildman–Crippen MR) is 113 cm³/mol. The van der Waals surface area contributed by atoms with E-state index < -0.39 is 6.10 Å². The Labute approximate surface area is 170 Å². The first-order chi connectivity index (χ1) is 13.1. The summed E-state index contributed by atoms with van der Waals surface area (Å²) in [4.78, 5) is 23.2. The lowest BCUT2D eigenvalue weighted by atomic mass is 10.0. The lowest BCUT2D eigenvalue weighted by Crippen LogP contribution is -2.17. The molecule has 0 heterocycles. The SMILES string of the molecule is COC(=O)CSCCCS[C@H]1C(=O)CC[C@@H]1C=CC(O)Cc1ccccc1. The molecular weight excluding hydrogens is 380 g/mol. The molecule has 1 fully saturated rings. The third kappa shape index (κ3) is 8.11. The minimum Gasteiger partial charge on any atom is -0.468 e. The quantitative estimate of drug-likeness (QED) is 0.343. The second-order valence-electron chi connectivity index (χ2n) is 6.58. The van der Waals surface area contributed by atoms with Gasteiger partial charge in [0.15, 0.2) is 0 Å². The van der Waals surface area contributed by atoms with Gasteiger partial charge in [-0.15, -0.1) is 11.8 Å². The van der Waals surface area contributed by atoms with E-state index in [1.165, 1.54) is 7.11 Å². The van der Waals surface area contributed by atoms with Crippen LogP contribution in [0.3, 0.4) is 0 Å². The Morgan fingerprint density at radius 1 is 1.33 bits per heavy atom. The van der Waals surface area contributed by atoms with Gasteiger partial charge in [0.2, 0.25) is 0 Å². The fraction of sp³-hybridized carbons (Fsp3) is 0.524. The third-order valence-corrected chi connectivity index (χ3v) is 6.99. The Bertz CT molecular complexity index is 618. The zero-order valence-electron chi connectivity index (χ0n) is 15.7. The highest BCUT2D eigenvalue weighted by atomic mass is 32.2. The molecule has 0 spiro atoms. The minimum absolute atomic E-state index is 0.00391. The van der Waals surface area contributed by atoms with E-state index in [1.54, 1.807) is 23.5 Å². The van der Waals surface area contributed by atoms with Crippen LogP contribution in [-0.4, -0.2) is 52.6 Å². The van der Waals surface area contributed by atoms with Crippen molar-refractivity contribution in [2.45, 2.75) is 37.0 Å². The van der Waals surface area contributed by atoms with E-state index in [9.17, 15) is 14.7 Å². The Morgan fingerprint density at radius 2 is 2.11 bits per heavy atom. The van der Waals surface area contributed by atoms with Crippen LogP contribution in [0.15, 0.2) is 42.5 Å². The van der Waals surface area contributed by atoms with Crippen molar-refractivity contribution in [3.63, 3.8) is 0 Å². The van der Waals surface area contributed by atoms with Gasteiger partial charge < -0.3 is 9.84 Å². The van der Waals surface area contributed by atoms with Gasteiger partial charge in [0.1, 0.15) is 5.78 Å². The first-order valence-electron chi connectivity index (χ1n) is 9.29. The lowest BCUT2D eigenvalue weighted by molar-refractivity contribution is -0.137. The van der Waals surface area contributed by atoms with Crippen molar-refractivity contribution >= 4 is 35.3 Å². The summed E-state index contributed by atoms with van der Waals surface area (Å²) < 4.78 is 4.61. The average Bonchev–Trinajstić information content (AvgIpc) is 3.03. The number of hydrogen-bond donors (Lipinski definition) is 1. The summed E-state index contributed by atoms with van der Waals surface area (Å²) in [6.07, 6.45) is 6.39. The fourth-order valence-corrected chi connectivity index (χ4v) is 5.34. The van der Waals surface area contributed by atoms with Crippen LogP contribution in [0.25, 0.3) is 0 Å². The summed E-state index contributed by atoms with van der Waals surface area (Å²) >= 11 is 3.27. The lowest BCUT2D eigenvalue weighted by Gasteiger charge is -2.15. The number of aliphatic hydroxyl groups is 1. The van der Waals surface area contributed by atoms with E-state index in [2.05, 4.69) is 4.74 Å². The van der Waals surface area contributed by atoms with Crippen molar-refractivity contribution in [3.05, 3.63) is 48.0 Å². The summed E-state index contributed by atoms with van der Waals surface area (Å²) in [6.45, 7) is 0. The Morgan fingerprint density at radius 3 is 2.85 bits per heavy atom. The molecule has 1 unspecified atom stereocenters. The summed E-state index contributed by atoms with van der Waals surface area (Å²) in [5.41, 5.74) is 1.10. The second-order valence-corrected chi connectivity index (χ2v) is 8.94. The number of thioether (sulfide) groups is 2. The van der Waals surface area contributed by atoms with E-state index >= 15 is 0 Å². The molecule has 1 aliphatic rings. The van der Waals surface area contributed by atoms with Crippen molar-refractivity contribution in [3.8, 4) is 0 Å². The van der Waals surface area contributed by atoms with E-state index in [4.69, 9.17) is 0 Å². The first kappa shape index (κ1) is 22.1. The average molecular weight is 409 g/mol. The summed E-state index contributed by atoms with van der Waals surface area (Å²) in [7, 11) is 1.40. The number of Topliss-reactive ketones (excluding diaryl/α,β-unsaturated/α-hetero) is 1. The molecular formula is C21H28O4S2. The number of aliphatic hydroxyl groups excluding tert-OH is 1. The Kier molecular flexibility index (Phi) is 10.0. The first-order valence-corrected chi connectivity index (χ1v) is 11.5. The maximum absolute atomic E-state index is 12.2. The molecule has 0 radical (unpaired) electrons. The summed E-state index contributed by atoms with van der Waals surface area (Å²) in [6, 6.07) is 9.92. The van der Waals surface area contributed by atoms with E-state index in [0.717, 1.165) is 29.9 Å². The van der Waals surface area contributed by atoms with Crippen molar-refractivity contribution in [1.82, 2.24) is 0 Å². The number of ether oxygens (including phenoxy) is 1. The monoisotopic (exact) mass is 408 g/mol. The summed E-state index contributed by atoms with van der Waals surface area (Å²) in [5, 5.41) is 10.2. The van der Waals surface area contributed by atoms with Crippen LogP contribution in [0.1, 0.15) is 24.8 Å². The molecule has 1 N–H and O–H groups in total. The number of hydrogen-bond acceptors (Lipinski definition) is 6. The number of esters is 1. The highest BCUT2D eigenvalue weighted by Crippen LogP contribution is 2.34. The Balaban J connectivity index is 1.72. The molecule has 6 heteroatoms. The van der Waals surface area contributed by atoms with Crippen molar-refractivity contribution in [2.75, 3.05) is 24.4 Å². The molecule has 27 heavy (non-hydrogen) atoms. The van der Waals surface area contributed by atoms with Gasteiger partial charge in [-0.05, 0) is 35.8 Å². The topological polar surface area (TPSA) is 63.6 Å². The van der Waals surface area contributed by atoms with Gasteiger partial charge >= 0.3 is 5.97 Å². The zero-order valence-corrected chi connectivity index (χ0v) is 17.3. The highest BCUT2D eigenvalue weighted by molar-refractivity contribution is 8.01. The molecule has 1 aromatic carbocycles. The van der Waals surface area contributed by atoms with Crippen LogP contribution >= 0.6 is 23.5 Å². The standard InChI is InChI=1S/C21H28O4S2/c1-25-20(24)15-26-12-5-13-27-21-17(9-11-19(21)23)8-10-18(22)14-16-6-3-2-4-7-16/h2-4,6-8,10,17-18,21-22H,5,9,11-15H2,1H3/t17-,18?,21+/m0/s1. The summed E-state index contributed by atoms with van der Waals surface area (Å²) in [5.74, 6) is 2.50. The molecule has 4 nitrogen and oxygen atoms in total. The molecule has 0 bridgehead atoms. The van der Waals surface area contributed by atoms with Crippen LogP contribution in [0.4, 0.5) is 0 Å². The second kappa shape index (κ2) is 12.3. The van der Waals surface area contributed by atoms with Crippen molar-refractivity contribution in [2.24, 2.45) is 5.92 Å². The zero-order chi connectivity index (χ0) is 19.5. The van der Waals surface area contributed by atoms with Crippen LogP contribution < -0.4 is 0 Å². The van der Waals surface area contributed by atoms with Gasteiger partial charge in [0, 0.05) is 12.8 Å². The van der Waals surface area contributed by atoms with Gasteiger partial charge in [0.25, 0.3) is 0 Å². The molecule has 148 valence electrons. The van der Waals surface area contributed by atoms with Gasteiger partial charge in [-0.3, -0.25) is 9.59 Å². The van der Waals surface area contributed by atoms with Crippen molar-refractivity contribution < 1.29 is 19.4 Å².